The third-order valence-corrected chi connectivity index (χ3v) is 5.42. The van der Waals surface area contributed by atoms with Gasteiger partial charge in [-0.25, -0.2) is 0 Å². The number of hydrogen-bond donors (Lipinski definition) is 0. The summed E-state index contributed by atoms with van der Waals surface area (Å²) in [5, 5.41) is 0. The van der Waals surface area contributed by atoms with E-state index in [4.69, 9.17) is 0 Å². The van der Waals surface area contributed by atoms with Crippen LogP contribution in [0.15, 0.2) is 42.5 Å². The Bertz CT molecular complexity index is 749. The molecule has 2 heteroatoms. The molecule has 2 aromatic rings. The lowest BCUT2D eigenvalue weighted by Crippen LogP contribution is -2.34. The fourth-order valence-corrected chi connectivity index (χ4v) is 4.22. The molecule has 23 heavy (non-hydrogen) atoms. The van der Waals surface area contributed by atoms with Crippen molar-refractivity contribution in [2.45, 2.75) is 38.5 Å². The van der Waals surface area contributed by atoms with E-state index >= 15 is 0 Å². The summed E-state index contributed by atoms with van der Waals surface area (Å²) in [4.78, 5) is 15.0. The van der Waals surface area contributed by atoms with Crippen molar-refractivity contribution in [2.75, 3.05) is 13.1 Å². The van der Waals surface area contributed by atoms with Crippen molar-refractivity contribution in [3.63, 3.8) is 0 Å². The van der Waals surface area contributed by atoms with E-state index in [2.05, 4.69) is 49.4 Å². The van der Waals surface area contributed by atoms with Crippen LogP contribution in [0.5, 0.6) is 0 Å². The first-order valence-corrected chi connectivity index (χ1v) is 8.78. The average Bonchev–Trinajstić information content (AvgIpc) is 2.86. The molecule has 0 N–H and O–H groups in total. The Morgan fingerprint density at radius 1 is 1.04 bits per heavy atom. The molecule has 0 radical (unpaired) electrons. The van der Waals surface area contributed by atoms with E-state index in [1.54, 1.807) is 0 Å². The molecule has 2 aromatic carbocycles. The Hall–Kier alpha value is -2.09. The van der Waals surface area contributed by atoms with E-state index in [0.717, 1.165) is 38.8 Å². The van der Waals surface area contributed by atoms with Gasteiger partial charge in [0.15, 0.2) is 0 Å². The highest BCUT2D eigenvalue weighted by atomic mass is 16.2. The highest BCUT2D eigenvalue weighted by molar-refractivity contribution is 5.87. The molecule has 0 saturated carbocycles. The summed E-state index contributed by atoms with van der Waals surface area (Å²) in [5.74, 6) is 0.371. The minimum atomic E-state index is 0.0433. The van der Waals surface area contributed by atoms with E-state index in [9.17, 15) is 4.79 Å². The van der Waals surface area contributed by atoms with Crippen molar-refractivity contribution in [1.82, 2.24) is 4.90 Å². The molecule has 1 amide bonds. The molecule has 2 nitrogen and oxygen atoms in total. The molecule has 4 rings (SSSR count). The topological polar surface area (TPSA) is 20.3 Å². The van der Waals surface area contributed by atoms with Crippen molar-refractivity contribution in [2.24, 2.45) is 0 Å². The van der Waals surface area contributed by atoms with Gasteiger partial charge in [-0.15, -0.1) is 0 Å². The fraction of sp³-hybridized carbons (Fsp3) is 0.381. The number of fused-ring (bicyclic) bond motifs is 3. The van der Waals surface area contributed by atoms with Crippen LogP contribution >= 0.6 is 0 Å². The van der Waals surface area contributed by atoms with Gasteiger partial charge in [0.25, 0.3) is 0 Å². The molecule has 0 aromatic heterocycles. The molecule has 1 fully saturated rings. The highest BCUT2D eigenvalue weighted by Crippen LogP contribution is 2.41. The molecule has 1 aliphatic heterocycles. The van der Waals surface area contributed by atoms with Gasteiger partial charge in [-0.1, -0.05) is 48.9 Å². The van der Waals surface area contributed by atoms with Crippen LogP contribution in [0.1, 0.15) is 48.8 Å². The number of benzene rings is 2. The van der Waals surface area contributed by atoms with Crippen LogP contribution < -0.4 is 0 Å². The van der Waals surface area contributed by atoms with Crippen molar-refractivity contribution < 1.29 is 4.79 Å². The van der Waals surface area contributed by atoms with E-state index in [1.165, 1.54) is 27.8 Å². The minimum absolute atomic E-state index is 0.0433. The Labute approximate surface area is 138 Å². The molecule has 2 aliphatic rings. The maximum Gasteiger partial charge on any atom is 0.230 e. The smallest absolute Gasteiger partial charge is 0.230 e. The van der Waals surface area contributed by atoms with E-state index in [-0.39, 0.29) is 5.92 Å². The monoisotopic (exact) mass is 305 g/mol. The molecule has 1 saturated heterocycles. The van der Waals surface area contributed by atoms with E-state index in [1.807, 2.05) is 4.90 Å². The largest absolute Gasteiger partial charge is 0.342 e. The predicted molar refractivity (Wildman–Crippen MR) is 93.5 cm³/mol. The zero-order valence-corrected chi connectivity index (χ0v) is 13.7. The zero-order chi connectivity index (χ0) is 15.8. The second-order valence-electron chi connectivity index (χ2n) is 6.67. The Morgan fingerprint density at radius 2 is 1.87 bits per heavy atom. The average molecular weight is 305 g/mol. The summed E-state index contributed by atoms with van der Waals surface area (Å²) >= 11 is 0. The van der Waals surface area contributed by atoms with Crippen LogP contribution in [-0.2, 0) is 11.2 Å². The molecule has 1 atom stereocenters. The zero-order valence-electron chi connectivity index (χ0n) is 13.7. The van der Waals surface area contributed by atoms with Crippen molar-refractivity contribution >= 4 is 5.91 Å². The van der Waals surface area contributed by atoms with Crippen molar-refractivity contribution in [3.05, 3.63) is 59.2 Å². The number of carbonyl (C=O) groups excluding carboxylic acids is 1. The number of hydrogen-bond acceptors (Lipinski definition) is 1. The second kappa shape index (κ2) is 5.84. The molecule has 1 aliphatic carbocycles. The van der Waals surface area contributed by atoms with E-state index in [0.29, 0.717) is 5.91 Å². The van der Waals surface area contributed by atoms with Crippen LogP contribution in [0.25, 0.3) is 11.1 Å². The van der Waals surface area contributed by atoms with Crippen LogP contribution in [0.3, 0.4) is 0 Å². The van der Waals surface area contributed by atoms with Gasteiger partial charge in [0, 0.05) is 13.1 Å². The lowest BCUT2D eigenvalue weighted by atomic mass is 9.87. The SMILES string of the molecule is CCN1CCCCC(c2cccc3c2Cc2ccccc2-3)C1=O. The first kappa shape index (κ1) is 14.5. The number of nitrogens with zero attached hydrogens (tertiary/aromatic N) is 1. The minimum Gasteiger partial charge on any atom is -0.342 e. The fourth-order valence-electron chi connectivity index (χ4n) is 4.22. The van der Waals surface area contributed by atoms with Crippen LogP contribution in [0.4, 0.5) is 0 Å². The third-order valence-electron chi connectivity index (χ3n) is 5.42. The second-order valence-corrected chi connectivity index (χ2v) is 6.67. The molecular weight excluding hydrogens is 282 g/mol. The third kappa shape index (κ3) is 2.37. The van der Waals surface area contributed by atoms with Crippen molar-refractivity contribution in [1.29, 1.82) is 0 Å². The van der Waals surface area contributed by atoms with Crippen molar-refractivity contribution in [3.8, 4) is 11.1 Å². The van der Waals surface area contributed by atoms with Crippen LogP contribution in [-0.4, -0.2) is 23.9 Å². The van der Waals surface area contributed by atoms with Gasteiger partial charge in [0.2, 0.25) is 5.91 Å². The molecule has 1 unspecified atom stereocenters. The van der Waals surface area contributed by atoms with Gasteiger partial charge >= 0.3 is 0 Å². The van der Waals surface area contributed by atoms with Gasteiger partial charge in [-0.2, -0.15) is 0 Å². The lowest BCUT2D eigenvalue weighted by Gasteiger charge is -2.24. The number of rotatable bonds is 2. The standard InChI is InChI=1S/C21H23NO/c1-2-22-13-6-5-10-19(21(22)23)18-12-7-11-17-16-9-4-3-8-15(16)14-20(17)18/h3-4,7-9,11-12,19H,2,5-6,10,13-14H2,1H3. The Morgan fingerprint density at radius 3 is 2.74 bits per heavy atom. The number of carbonyl (C=O) groups is 1. The van der Waals surface area contributed by atoms with Gasteiger partial charge in [0.05, 0.1) is 5.92 Å². The van der Waals surface area contributed by atoms with Gasteiger partial charge < -0.3 is 4.90 Å². The van der Waals surface area contributed by atoms with Gasteiger partial charge in [-0.05, 0) is 54.0 Å². The quantitative estimate of drug-likeness (QED) is 0.688. The summed E-state index contributed by atoms with van der Waals surface area (Å²) in [5.41, 5.74) is 6.72. The molecule has 118 valence electrons. The first-order chi connectivity index (χ1) is 11.3. The summed E-state index contributed by atoms with van der Waals surface area (Å²) < 4.78 is 0. The summed E-state index contributed by atoms with van der Waals surface area (Å²) in [6.45, 7) is 3.83. The Kier molecular flexibility index (Phi) is 3.68. The number of likely N-dealkylation sites (N-methyl/N-ethyl adjacent to an activating group) is 1. The van der Waals surface area contributed by atoms with E-state index < -0.39 is 0 Å². The summed E-state index contributed by atoms with van der Waals surface area (Å²) in [6, 6.07) is 15.2. The summed E-state index contributed by atoms with van der Waals surface area (Å²) in [7, 11) is 0. The number of amides is 1. The molecule has 1 heterocycles. The predicted octanol–water partition coefficient (Wildman–Crippen LogP) is 4.37. The van der Waals surface area contributed by atoms with Crippen LogP contribution in [0, 0.1) is 0 Å². The molecular formula is C21H23NO. The molecule has 0 bridgehead atoms. The van der Waals surface area contributed by atoms with Gasteiger partial charge in [-0.3, -0.25) is 4.79 Å². The summed E-state index contributed by atoms with van der Waals surface area (Å²) in [6.07, 6.45) is 4.23. The maximum atomic E-state index is 13.0. The van der Waals surface area contributed by atoms with Gasteiger partial charge in [0.1, 0.15) is 0 Å². The number of likely N-dealkylation sites (tertiary alicyclic amines) is 1. The Balaban J connectivity index is 1.78. The normalized spacial score (nSPS) is 20.1. The maximum absolute atomic E-state index is 13.0. The van der Waals surface area contributed by atoms with Crippen LogP contribution in [0.2, 0.25) is 0 Å². The highest BCUT2D eigenvalue weighted by Gasteiger charge is 2.31. The first-order valence-electron chi connectivity index (χ1n) is 8.78. The lowest BCUT2D eigenvalue weighted by molar-refractivity contribution is -0.132. The molecule has 0 spiro atoms.